The molecule has 1 aromatic carbocycles. The number of halogens is 5. The molecule has 29 heavy (non-hydrogen) atoms. The van der Waals surface area contributed by atoms with Gasteiger partial charge in [-0.1, -0.05) is 16.9 Å². The second kappa shape index (κ2) is 8.64. The number of aromatic nitrogens is 3. The number of alkyl halides is 5. The van der Waals surface area contributed by atoms with Gasteiger partial charge in [0.25, 0.3) is 0 Å². The molecule has 3 aromatic rings. The fraction of sp³-hybridized carbons (Fsp3) is 0.235. The lowest BCUT2D eigenvalue weighted by Gasteiger charge is -2.10. The van der Waals surface area contributed by atoms with E-state index >= 15 is 0 Å². The Bertz CT molecular complexity index is 964. The Morgan fingerprint density at radius 2 is 1.93 bits per heavy atom. The third kappa shape index (κ3) is 5.34. The average molecular weight is 433 g/mol. The standard InChI is InChI=1S/C17H12F5N3O3S/c1-26-12-6-9(2-4-11(12)27-16(18)19)15-24-13(28-25-15)8-29-14-5-3-10(7-23-14)17(20,21)22/h2-7,16H,8H2,1H3. The third-order valence-corrected chi connectivity index (χ3v) is 4.44. The van der Waals surface area contributed by atoms with Gasteiger partial charge in [-0.2, -0.15) is 26.9 Å². The van der Waals surface area contributed by atoms with Crippen LogP contribution in [0.5, 0.6) is 11.5 Å². The minimum absolute atomic E-state index is 0.0671. The van der Waals surface area contributed by atoms with E-state index in [2.05, 4.69) is 19.9 Å². The summed E-state index contributed by atoms with van der Waals surface area (Å²) in [4.78, 5) is 7.91. The molecule has 0 bridgehead atoms. The van der Waals surface area contributed by atoms with Crippen LogP contribution in [0.3, 0.4) is 0 Å². The SMILES string of the molecule is COc1cc(-c2noc(CSc3ccc(C(F)(F)F)cn3)n2)ccc1OC(F)F. The number of thioether (sulfide) groups is 1. The molecule has 2 heterocycles. The predicted molar refractivity (Wildman–Crippen MR) is 91.7 cm³/mol. The summed E-state index contributed by atoms with van der Waals surface area (Å²) >= 11 is 1.12. The van der Waals surface area contributed by atoms with Crippen LogP contribution < -0.4 is 9.47 Å². The Balaban J connectivity index is 1.68. The average Bonchev–Trinajstić information content (AvgIpc) is 3.15. The molecule has 3 rings (SSSR count). The van der Waals surface area contributed by atoms with Crippen molar-refractivity contribution in [3.05, 3.63) is 48.0 Å². The van der Waals surface area contributed by atoms with Crippen LogP contribution in [0.4, 0.5) is 22.0 Å². The summed E-state index contributed by atoms with van der Waals surface area (Å²) in [7, 11) is 1.30. The van der Waals surface area contributed by atoms with Gasteiger partial charge in [-0.15, -0.1) is 0 Å². The molecule has 0 N–H and O–H groups in total. The van der Waals surface area contributed by atoms with Crippen molar-refractivity contribution in [3.8, 4) is 22.9 Å². The second-order valence-electron chi connectivity index (χ2n) is 5.43. The highest BCUT2D eigenvalue weighted by Crippen LogP contribution is 2.33. The number of methoxy groups -OCH3 is 1. The molecule has 0 saturated carbocycles. The van der Waals surface area contributed by atoms with Gasteiger partial charge in [0.2, 0.25) is 11.7 Å². The molecular weight excluding hydrogens is 421 g/mol. The minimum atomic E-state index is -4.45. The van der Waals surface area contributed by atoms with Crippen molar-refractivity contribution in [3.63, 3.8) is 0 Å². The number of rotatable bonds is 7. The molecule has 0 atom stereocenters. The van der Waals surface area contributed by atoms with E-state index < -0.39 is 18.4 Å². The third-order valence-electron chi connectivity index (χ3n) is 3.51. The maximum Gasteiger partial charge on any atom is 0.417 e. The maximum absolute atomic E-state index is 12.5. The smallest absolute Gasteiger partial charge is 0.417 e. The summed E-state index contributed by atoms with van der Waals surface area (Å²) < 4.78 is 76.9. The number of hydrogen-bond acceptors (Lipinski definition) is 7. The molecule has 0 saturated heterocycles. The molecule has 0 fully saturated rings. The molecule has 12 heteroatoms. The molecule has 154 valence electrons. The Morgan fingerprint density at radius 1 is 1.14 bits per heavy atom. The zero-order valence-electron chi connectivity index (χ0n) is 14.6. The van der Waals surface area contributed by atoms with Crippen molar-refractivity contribution in [2.45, 2.75) is 23.6 Å². The molecule has 2 aromatic heterocycles. The van der Waals surface area contributed by atoms with Crippen molar-refractivity contribution in [1.29, 1.82) is 0 Å². The summed E-state index contributed by atoms with van der Waals surface area (Å²) in [6.07, 6.45) is -3.70. The van der Waals surface area contributed by atoms with Gasteiger partial charge < -0.3 is 14.0 Å². The lowest BCUT2D eigenvalue weighted by atomic mass is 10.2. The fourth-order valence-electron chi connectivity index (χ4n) is 2.20. The largest absolute Gasteiger partial charge is 0.493 e. The highest BCUT2D eigenvalue weighted by molar-refractivity contribution is 7.98. The molecule has 0 amide bonds. The van der Waals surface area contributed by atoms with E-state index in [-0.39, 0.29) is 29.0 Å². The van der Waals surface area contributed by atoms with E-state index in [1.807, 2.05) is 0 Å². The first-order valence-corrected chi connectivity index (χ1v) is 8.86. The Morgan fingerprint density at radius 3 is 2.55 bits per heavy atom. The molecule has 0 spiro atoms. The topological polar surface area (TPSA) is 70.3 Å². The van der Waals surface area contributed by atoms with E-state index in [1.165, 1.54) is 31.4 Å². The van der Waals surface area contributed by atoms with E-state index in [0.717, 1.165) is 24.0 Å². The van der Waals surface area contributed by atoms with Crippen LogP contribution in [0, 0.1) is 0 Å². The van der Waals surface area contributed by atoms with E-state index in [0.29, 0.717) is 10.6 Å². The van der Waals surface area contributed by atoms with Gasteiger partial charge in [0, 0.05) is 11.8 Å². The highest BCUT2D eigenvalue weighted by Gasteiger charge is 2.30. The number of benzene rings is 1. The van der Waals surface area contributed by atoms with Crippen LogP contribution in [-0.4, -0.2) is 28.8 Å². The zero-order chi connectivity index (χ0) is 21.0. The van der Waals surface area contributed by atoms with Crippen LogP contribution in [0.1, 0.15) is 11.5 Å². The second-order valence-corrected chi connectivity index (χ2v) is 6.42. The van der Waals surface area contributed by atoms with Crippen molar-refractivity contribution in [1.82, 2.24) is 15.1 Å². The van der Waals surface area contributed by atoms with Crippen molar-refractivity contribution in [2.75, 3.05) is 7.11 Å². The van der Waals surface area contributed by atoms with Gasteiger partial charge in [-0.3, -0.25) is 0 Å². The quantitative estimate of drug-likeness (QED) is 0.381. The van der Waals surface area contributed by atoms with E-state index in [1.54, 1.807) is 0 Å². The maximum atomic E-state index is 12.5. The van der Waals surface area contributed by atoms with E-state index in [9.17, 15) is 22.0 Å². The lowest BCUT2D eigenvalue weighted by Crippen LogP contribution is -2.05. The molecule has 0 radical (unpaired) electrons. The molecular formula is C17H12F5N3O3S. The molecule has 0 unspecified atom stereocenters. The van der Waals surface area contributed by atoms with Crippen LogP contribution >= 0.6 is 11.8 Å². The number of nitrogens with zero attached hydrogens (tertiary/aromatic N) is 3. The molecule has 0 aliphatic carbocycles. The van der Waals surface area contributed by atoms with Crippen LogP contribution in [-0.2, 0) is 11.9 Å². The summed E-state index contributed by atoms with van der Waals surface area (Å²) in [6, 6.07) is 6.34. The van der Waals surface area contributed by atoms with Gasteiger partial charge in [0.1, 0.15) is 0 Å². The van der Waals surface area contributed by atoms with Gasteiger partial charge in [0.15, 0.2) is 11.5 Å². The Kier molecular flexibility index (Phi) is 6.20. The normalized spacial score (nSPS) is 11.7. The van der Waals surface area contributed by atoms with Crippen molar-refractivity contribution < 1.29 is 35.9 Å². The highest BCUT2D eigenvalue weighted by atomic mass is 32.2. The van der Waals surface area contributed by atoms with Gasteiger partial charge in [0.05, 0.1) is 23.5 Å². The van der Waals surface area contributed by atoms with Crippen LogP contribution in [0.25, 0.3) is 11.4 Å². The van der Waals surface area contributed by atoms with Crippen LogP contribution in [0.2, 0.25) is 0 Å². The first-order chi connectivity index (χ1) is 13.8. The summed E-state index contributed by atoms with van der Waals surface area (Å²) in [5.74, 6) is 0.493. The first-order valence-electron chi connectivity index (χ1n) is 7.88. The number of hydrogen-bond donors (Lipinski definition) is 0. The Hall–Kier alpha value is -2.89. The Labute approximate surface area is 165 Å². The van der Waals surface area contributed by atoms with Gasteiger partial charge in [-0.05, 0) is 30.3 Å². The fourth-order valence-corrected chi connectivity index (χ4v) is 2.88. The molecule has 0 aliphatic heterocycles. The minimum Gasteiger partial charge on any atom is -0.493 e. The number of pyridine rings is 1. The lowest BCUT2D eigenvalue weighted by molar-refractivity contribution is -0.137. The monoisotopic (exact) mass is 433 g/mol. The van der Waals surface area contributed by atoms with Gasteiger partial charge in [-0.25, -0.2) is 4.98 Å². The van der Waals surface area contributed by atoms with Crippen molar-refractivity contribution >= 4 is 11.8 Å². The van der Waals surface area contributed by atoms with Crippen LogP contribution in [0.15, 0.2) is 46.1 Å². The summed E-state index contributed by atoms with van der Waals surface area (Å²) in [5, 5.41) is 4.15. The van der Waals surface area contributed by atoms with Crippen molar-refractivity contribution in [2.24, 2.45) is 0 Å². The summed E-state index contributed by atoms with van der Waals surface area (Å²) in [6.45, 7) is -3.00. The predicted octanol–water partition coefficient (Wildman–Crippen LogP) is 5.05. The van der Waals surface area contributed by atoms with E-state index in [4.69, 9.17) is 9.26 Å². The van der Waals surface area contributed by atoms with Gasteiger partial charge >= 0.3 is 12.8 Å². The number of ether oxygens (including phenoxy) is 2. The zero-order valence-corrected chi connectivity index (χ0v) is 15.4. The molecule has 0 aliphatic rings. The summed E-state index contributed by atoms with van der Waals surface area (Å²) in [5.41, 5.74) is -0.397. The molecule has 6 nitrogen and oxygen atoms in total. The first kappa shape index (κ1) is 20.8.